The summed E-state index contributed by atoms with van der Waals surface area (Å²) in [4.78, 5) is 37.0. The fraction of sp³-hybridized carbons (Fsp3) is 0.364. The van der Waals surface area contributed by atoms with E-state index in [1.165, 1.54) is 12.1 Å². The van der Waals surface area contributed by atoms with Crippen molar-refractivity contribution in [3.63, 3.8) is 0 Å². The third-order valence-corrected chi connectivity index (χ3v) is 5.04. The molecule has 4 rings (SSSR count). The van der Waals surface area contributed by atoms with Crippen molar-refractivity contribution >= 4 is 28.9 Å². The molecule has 0 bridgehead atoms. The molecule has 7 nitrogen and oxygen atoms in total. The number of fused-ring (bicyclic) bond motifs is 2. The molecule has 0 spiro atoms. The molecule has 7 heteroatoms. The number of hydrogen-bond acceptors (Lipinski definition) is 4. The molecule has 2 heterocycles. The second kappa shape index (κ2) is 8.03. The van der Waals surface area contributed by atoms with Crippen LogP contribution in [0.5, 0.6) is 0 Å². The van der Waals surface area contributed by atoms with Crippen LogP contribution in [0.25, 0.3) is 0 Å². The Morgan fingerprint density at radius 2 is 1.34 bits per heavy atom. The van der Waals surface area contributed by atoms with Gasteiger partial charge >= 0.3 is 0 Å². The second-order valence-corrected chi connectivity index (χ2v) is 7.77. The predicted octanol–water partition coefficient (Wildman–Crippen LogP) is 3.88. The SMILES string of the molecule is CC(C)N1C(=O)Cc2cc([N+](=O)[O-])ccc21.CC(C)N1C(=O)Cc2ccccc21. The van der Waals surface area contributed by atoms with Gasteiger partial charge in [0, 0.05) is 35.6 Å². The molecule has 0 atom stereocenters. The molecular weight excluding hydrogens is 370 g/mol. The Bertz CT molecular complexity index is 968. The van der Waals surface area contributed by atoms with E-state index < -0.39 is 4.92 Å². The quantitative estimate of drug-likeness (QED) is 0.583. The lowest BCUT2D eigenvalue weighted by Gasteiger charge is -2.21. The van der Waals surface area contributed by atoms with Crippen LogP contribution in [-0.4, -0.2) is 28.8 Å². The molecule has 0 fully saturated rings. The molecule has 152 valence electrons. The fourth-order valence-electron chi connectivity index (χ4n) is 3.85. The van der Waals surface area contributed by atoms with E-state index in [-0.39, 0.29) is 36.0 Å². The van der Waals surface area contributed by atoms with Gasteiger partial charge in [-0.05, 0) is 51.0 Å². The maximum atomic E-state index is 11.7. The van der Waals surface area contributed by atoms with Gasteiger partial charge in [0.2, 0.25) is 11.8 Å². The number of carbonyl (C=O) groups is 2. The van der Waals surface area contributed by atoms with Gasteiger partial charge in [-0.1, -0.05) is 18.2 Å². The summed E-state index contributed by atoms with van der Waals surface area (Å²) in [6.07, 6.45) is 0.823. The van der Waals surface area contributed by atoms with Gasteiger partial charge in [-0.2, -0.15) is 0 Å². The van der Waals surface area contributed by atoms with Crippen LogP contribution in [0.1, 0.15) is 38.8 Å². The Morgan fingerprint density at radius 1 is 0.828 bits per heavy atom. The van der Waals surface area contributed by atoms with Crippen LogP contribution in [0, 0.1) is 10.1 Å². The van der Waals surface area contributed by atoms with Gasteiger partial charge in [0.1, 0.15) is 0 Å². The summed E-state index contributed by atoms with van der Waals surface area (Å²) in [5, 5.41) is 10.6. The molecule has 2 aliphatic heterocycles. The Labute approximate surface area is 170 Å². The third-order valence-electron chi connectivity index (χ3n) is 5.04. The third kappa shape index (κ3) is 3.99. The van der Waals surface area contributed by atoms with Gasteiger partial charge in [-0.15, -0.1) is 0 Å². The first-order valence-electron chi connectivity index (χ1n) is 9.70. The fourth-order valence-corrected chi connectivity index (χ4v) is 3.85. The average Bonchev–Trinajstić information content (AvgIpc) is 3.16. The highest BCUT2D eigenvalue weighted by atomic mass is 16.6. The zero-order valence-corrected chi connectivity index (χ0v) is 17.1. The van der Waals surface area contributed by atoms with Crippen molar-refractivity contribution in [3.8, 4) is 0 Å². The largest absolute Gasteiger partial charge is 0.309 e. The molecule has 2 aliphatic rings. The van der Waals surface area contributed by atoms with E-state index in [9.17, 15) is 19.7 Å². The summed E-state index contributed by atoms with van der Waals surface area (Å²) in [6.45, 7) is 7.93. The van der Waals surface area contributed by atoms with E-state index in [1.807, 2.05) is 56.9 Å². The number of hydrogen-bond donors (Lipinski definition) is 0. The zero-order chi connectivity index (χ0) is 21.3. The summed E-state index contributed by atoms with van der Waals surface area (Å²) in [7, 11) is 0. The van der Waals surface area contributed by atoms with E-state index in [4.69, 9.17) is 0 Å². The zero-order valence-electron chi connectivity index (χ0n) is 17.1. The second-order valence-electron chi connectivity index (χ2n) is 7.77. The predicted molar refractivity (Wildman–Crippen MR) is 112 cm³/mol. The van der Waals surface area contributed by atoms with E-state index in [2.05, 4.69) is 0 Å². The van der Waals surface area contributed by atoms with Crippen molar-refractivity contribution in [3.05, 3.63) is 63.7 Å². The number of benzene rings is 2. The van der Waals surface area contributed by atoms with Crippen molar-refractivity contribution in [2.24, 2.45) is 0 Å². The molecule has 2 aromatic carbocycles. The lowest BCUT2D eigenvalue weighted by atomic mass is 10.1. The number of anilines is 2. The molecule has 0 aliphatic carbocycles. The van der Waals surface area contributed by atoms with Crippen LogP contribution in [0.3, 0.4) is 0 Å². The molecule has 29 heavy (non-hydrogen) atoms. The number of nitro groups is 1. The molecule has 0 aromatic heterocycles. The van der Waals surface area contributed by atoms with Gasteiger partial charge in [0.15, 0.2) is 0 Å². The molecule has 2 amide bonds. The highest BCUT2D eigenvalue weighted by Crippen LogP contribution is 2.33. The topological polar surface area (TPSA) is 83.8 Å². The van der Waals surface area contributed by atoms with Gasteiger partial charge < -0.3 is 9.80 Å². The maximum Gasteiger partial charge on any atom is 0.269 e. The van der Waals surface area contributed by atoms with Crippen molar-refractivity contribution < 1.29 is 14.5 Å². The molecular formula is C22H25N3O4. The average molecular weight is 395 g/mol. The summed E-state index contributed by atoms with van der Waals surface area (Å²) >= 11 is 0. The number of nitro benzene ring substituents is 1. The number of amides is 2. The lowest BCUT2D eigenvalue weighted by Crippen LogP contribution is -2.33. The van der Waals surface area contributed by atoms with Crippen LogP contribution >= 0.6 is 0 Å². The number of nitrogens with zero attached hydrogens (tertiary/aromatic N) is 3. The van der Waals surface area contributed by atoms with Gasteiger partial charge in [0.25, 0.3) is 5.69 Å². The lowest BCUT2D eigenvalue weighted by molar-refractivity contribution is -0.384. The van der Waals surface area contributed by atoms with Crippen LogP contribution in [0.2, 0.25) is 0 Å². The number of para-hydroxylation sites is 1. The van der Waals surface area contributed by atoms with Crippen LogP contribution in [0.4, 0.5) is 17.1 Å². The minimum absolute atomic E-state index is 0.00509. The van der Waals surface area contributed by atoms with Crippen LogP contribution in [-0.2, 0) is 22.4 Å². The van der Waals surface area contributed by atoms with Crippen molar-refractivity contribution in [2.75, 3.05) is 9.80 Å². The Balaban J connectivity index is 0.000000169. The minimum Gasteiger partial charge on any atom is -0.309 e. The summed E-state index contributed by atoms with van der Waals surface area (Å²) in [5.74, 6) is 0.224. The van der Waals surface area contributed by atoms with Crippen molar-refractivity contribution in [2.45, 2.75) is 52.6 Å². The Hall–Kier alpha value is -3.22. The van der Waals surface area contributed by atoms with E-state index in [1.54, 1.807) is 11.0 Å². The molecule has 2 aromatic rings. The molecule has 0 N–H and O–H groups in total. The molecule has 0 unspecified atom stereocenters. The Morgan fingerprint density at radius 3 is 1.90 bits per heavy atom. The first kappa shape index (κ1) is 20.5. The number of non-ortho nitro benzene ring substituents is 1. The molecule has 0 saturated carbocycles. The van der Waals surface area contributed by atoms with Crippen molar-refractivity contribution in [1.29, 1.82) is 0 Å². The summed E-state index contributed by atoms with van der Waals surface area (Å²) < 4.78 is 0. The smallest absolute Gasteiger partial charge is 0.269 e. The van der Waals surface area contributed by atoms with Crippen LogP contribution < -0.4 is 9.80 Å². The monoisotopic (exact) mass is 395 g/mol. The van der Waals surface area contributed by atoms with E-state index >= 15 is 0 Å². The van der Waals surface area contributed by atoms with Gasteiger partial charge in [-0.25, -0.2) is 0 Å². The summed E-state index contributed by atoms with van der Waals surface area (Å²) in [6, 6.07) is 12.9. The minimum atomic E-state index is -0.442. The normalized spacial score (nSPS) is 14.8. The first-order chi connectivity index (χ1) is 13.7. The van der Waals surface area contributed by atoms with Gasteiger partial charge in [-0.3, -0.25) is 19.7 Å². The maximum absolute atomic E-state index is 11.7. The molecule has 0 radical (unpaired) electrons. The number of carbonyl (C=O) groups excluding carboxylic acids is 2. The standard InChI is InChI=1S/C11H12N2O3.C11H13NO/c1-7(2)12-10-4-3-9(13(15)16)5-8(10)6-11(12)14;1-8(2)12-10-6-4-3-5-9(10)7-11(12)13/h3-5,7H,6H2,1-2H3;3-6,8H,7H2,1-2H3. The first-order valence-corrected chi connectivity index (χ1v) is 9.70. The Kier molecular flexibility index (Phi) is 5.68. The molecule has 0 saturated heterocycles. The van der Waals surface area contributed by atoms with E-state index in [0.717, 1.165) is 22.5 Å². The van der Waals surface area contributed by atoms with Gasteiger partial charge in [0.05, 0.1) is 17.8 Å². The van der Waals surface area contributed by atoms with Crippen molar-refractivity contribution in [1.82, 2.24) is 0 Å². The summed E-state index contributed by atoms with van der Waals surface area (Å²) in [5.41, 5.74) is 3.82. The van der Waals surface area contributed by atoms with E-state index in [0.29, 0.717) is 6.42 Å². The highest BCUT2D eigenvalue weighted by molar-refractivity contribution is 6.02. The number of rotatable bonds is 3. The van der Waals surface area contributed by atoms with Crippen LogP contribution in [0.15, 0.2) is 42.5 Å². The highest BCUT2D eigenvalue weighted by Gasteiger charge is 2.30.